The van der Waals surface area contributed by atoms with Crippen molar-refractivity contribution in [2.24, 2.45) is 7.05 Å². The second-order valence-corrected chi connectivity index (χ2v) is 38.0. The number of aromatic nitrogens is 7. The van der Waals surface area contributed by atoms with Crippen LogP contribution in [0.25, 0.3) is 66.3 Å². The van der Waals surface area contributed by atoms with Crippen LogP contribution in [-0.4, -0.2) is 118 Å². The van der Waals surface area contributed by atoms with E-state index in [2.05, 4.69) is 182 Å². The van der Waals surface area contributed by atoms with Gasteiger partial charge in [0.05, 0.1) is 92.1 Å². The summed E-state index contributed by atoms with van der Waals surface area (Å²) >= 11 is 6.26. The zero-order valence-electron chi connectivity index (χ0n) is 77.9. The summed E-state index contributed by atoms with van der Waals surface area (Å²) in [4.78, 5) is 86.7. The van der Waals surface area contributed by atoms with E-state index in [1.807, 2.05) is 211 Å². The molecule has 6 amide bonds. The van der Waals surface area contributed by atoms with Crippen LogP contribution >= 0.6 is 11.6 Å². The van der Waals surface area contributed by atoms with Crippen LogP contribution < -0.4 is 58.1 Å². The average molecular weight is 1800 g/mol. The van der Waals surface area contributed by atoms with E-state index in [1.54, 1.807) is 13.1 Å². The molecule has 9 aromatic carbocycles. The number of hydrogen-bond acceptors (Lipinski definition) is 16. The predicted octanol–water partition coefficient (Wildman–Crippen LogP) is 22.7. The van der Waals surface area contributed by atoms with E-state index >= 15 is 0 Å². The van der Waals surface area contributed by atoms with Crippen LogP contribution in [0.2, 0.25) is 5.02 Å². The second kappa shape index (κ2) is 39.4. The molecule has 9 heterocycles. The fourth-order valence-electron chi connectivity index (χ4n) is 17.1. The van der Waals surface area contributed by atoms with Gasteiger partial charge in [0.15, 0.2) is 5.78 Å². The first-order valence-electron chi connectivity index (χ1n) is 45.5. The van der Waals surface area contributed by atoms with Gasteiger partial charge in [-0.05, 0) is 222 Å². The Morgan fingerprint density at radius 3 is 1.51 bits per heavy atom. The Hall–Kier alpha value is -14.0. The molecule has 10 N–H and O–H groups in total. The molecule has 0 bridgehead atoms. The van der Waals surface area contributed by atoms with E-state index in [4.69, 9.17) is 21.4 Å². The number of fused-ring (bicyclic) bond motifs is 7. The quantitative estimate of drug-likeness (QED) is 0.0480. The lowest BCUT2D eigenvalue weighted by molar-refractivity contribution is -0.117. The molecule has 132 heavy (non-hydrogen) atoms. The maximum atomic E-state index is 13.0. The van der Waals surface area contributed by atoms with E-state index < -0.39 is 11.7 Å². The molecule has 19 rings (SSSR count). The fourth-order valence-corrected chi connectivity index (χ4v) is 17.3. The van der Waals surface area contributed by atoms with Gasteiger partial charge in [-0.15, -0.1) is 0 Å². The van der Waals surface area contributed by atoms with Crippen molar-refractivity contribution in [3.8, 4) is 44.5 Å². The third kappa shape index (κ3) is 21.8. The number of Topliss-reactive ketones (excluding diaryl/α,β-unsaturated/α-hetero) is 1. The Kier molecular flexibility index (Phi) is 27.6. The van der Waals surface area contributed by atoms with Gasteiger partial charge < -0.3 is 62.5 Å². The SMILES string of the molecule is CC1CC(=O)Nc2cccc(C(=O)Cc3ccc4c(ccn4C)c3)c2N1.CC[C@@H](C)n1nc(C2CC2)c2cc(-c3cccc4c3N[C@H](C)CC(=O)N4)ccc21.C[C@@H]1CC(=O)Nc2cc(Cl)cc(-c3cnn(C(C)(C)C)c3)c2N1.C[C@@H]1CC(=O)Nc2cccc(-c3ccc(N(C)C(=O)OC(C)(C)C)cc3)c2N1.C[C@@H]1CC(=O)Nc2cccc(-c3cnn([C@@H](C)c4ccccc4)c3)c2N1. The summed E-state index contributed by atoms with van der Waals surface area (Å²) in [5.74, 6) is 0.684. The normalized spacial score (nSPS) is 17.7. The van der Waals surface area contributed by atoms with E-state index in [0.717, 1.165) is 119 Å². The van der Waals surface area contributed by atoms with Crippen molar-refractivity contribution in [2.75, 3.05) is 65.1 Å². The topological polar surface area (TPSA) is 311 Å². The molecular weight excluding hydrogens is 1680 g/mol. The van der Waals surface area contributed by atoms with E-state index in [0.29, 0.717) is 72.4 Å². The molecule has 5 aliphatic heterocycles. The van der Waals surface area contributed by atoms with Gasteiger partial charge in [-0.2, -0.15) is 15.3 Å². The molecule has 0 radical (unpaired) electrons. The van der Waals surface area contributed by atoms with Gasteiger partial charge in [0.25, 0.3) is 0 Å². The fraction of sp³-hybridized carbons (Fsp3) is 0.333. The number of amides is 6. The van der Waals surface area contributed by atoms with Gasteiger partial charge >= 0.3 is 6.09 Å². The van der Waals surface area contributed by atoms with E-state index in [9.17, 15) is 33.6 Å². The summed E-state index contributed by atoms with van der Waals surface area (Å²) in [6.07, 6.45) is 15.4. The number of para-hydroxylation sites is 4. The molecule has 27 heteroatoms. The van der Waals surface area contributed by atoms with Gasteiger partial charge in [-0.25, -0.2) is 4.79 Å². The van der Waals surface area contributed by atoms with E-state index in [-0.39, 0.29) is 77.1 Å². The molecule has 0 spiro atoms. The number of anilines is 11. The molecule has 26 nitrogen and oxygen atoms in total. The van der Waals surface area contributed by atoms with Crippen LogP contribution in [0.5, 0.6) is 0 Å². The number of aryl methyl sites for hydroxylation is 1. The molecule has 4 aromatic heterocycles. The highest BCUT2D eigenvalue weighted by Gasteiger charge is 2.33. The van der Waals surface area contributed by atoms with Crippen molar-refractivity contribution < 1.29 is 38.3 Å². The second-order valence-electron chi connectivity index (χ2n) is 37.5. The number of halogens is 1. The van der Waals surface area contributed by atoms with Crippen molar-refractivity contribution in [2.45, 2.75) is 214 Å². The maximum absolute atomic E-state index is 13.0. The van der Waals surface area contributed by atoms with Crippen LogP contribution in [0.15, 0.2) is 213 Å². The van der Waals surface area contributed by atoms with Crippen molar-refractivity contribution in [3.05, 3.63) is 240 Å². The minimum atomic E-state index is -0.542. The Labute approximate surface area is 776 Å². The Morgan fingerprint density at radius 1 is 0.508 bits per heavy atom. The highest BCUT2D eigenvalue weighted by molar-refractivity contribution is 6.31. The number of ketones is 1. The summed E-state index contributed by atoms with van der Waals surface area (Å²) in [5.41, 5.74) is 23.1. The monoisotopic (exact) mass is 1790 g/mol. The highest BCUT2D eigenvalue weighted by Crippen LogP contribution is 2.47. The van der Waals surface area contributed by atoms with Crippen molar-refractivity contribution >= 4 is 137 Å². The number of nitrogens with zero attached hydrogens (tertiary/aromatic N) is 8. The molecule has 7 atom stereocenters. The number of carbonyl (C=O) groups excluding carboxylic acids is 7. The maximum Gasteiger partial charge on any atom is 0.414 e. The summed E-state index contributed by atoms with van der Waals surface area (Å²) in [6, 6.07) is 60.7. The Balaban J connectivity index is 0.000000126. The van der Waals surface area contributed by atoms with Crippen LogP contribution in [0.3, 0.4) is 0 Å². The number of nitrogens with one attached hydrogen (secondary N) is 10. The summed E-state index contributed by atoms with van der Waals surface area (Å²) in [5, 5.41) is 49.0. The first-order chi connectivity index (χ1) is 63.0. The lowest BCUT2D eigenvalue weighted by Gasteiger charge is -2.25. The number of carbonyl (C=O) groups is 7. The van der Waals surface area contributed by atoms with Crippen molar-refractivity contribution in [1.82, 2.24) is 33.9 Å². The first-order valence-corrected chi connectivity index (χ1v) is 45.9. The predicted molar refractivity (Wildman–Crippen MR) is 533 cm³/mol. The largest absolute Gasteiger partial charge is 0.443 e. The lowest BCUT2D eigenvalue weighted by Crippen LogP contribution is -2.34. The van der Waals surface area contributed by atoms with Gasteiger partial charge in [0, 0.05) is 174 Å². The first kappa shape index (κ1) is 92.7. The molecule has 1 aliphatic carbocycles. The van der Waals surface area contributed by atoms with Crippen molar-refractivity contribution in [3.63, 3.8) is 0 Å². The van der Waals surface area contributed by atoms with Gasteiger partial charge in [0.1, 0.15) is 5.60 Å². The lowest BCUT2D eigenvalue weighted by atomic mass is 9.99. The smallest absolute Gasteiger partial charge is 0.414 e. The van der Waals surface area contributed by atoms with Gasteiger partial charge in [0.2, 0.25) is 29.5 Å². The zero-order chi connectivity index (χ0) is 93.7. The minimum Gasteiger partial charge on any atom is -0.443 e. The number of rotatable bonds is 13. The Bertz CT molecular complexity index is 6490. The summed E-state index contributed by atoms with van der Waals surface area (Å²) < 4.78 is 13.6. The van der Waals surface area contributed by atoms with Gasteiger partial charge in [-0.1, -0.05) is 116 Å². The molecule has 1 unspecified atom stereocenters. The third-order valence-corrected chi connectivity index (χ3v) is 24.4. The molecule has 684 valence electrons. The van der Waals surface area contributed by atoms with Crippen LogP contribution in [0, 0.1) is 0 Å². The summed E-state index contributed by atoms with van der Waals surface area (Å²) in [6.45, 7) is 28.4. The number of ether oxygens (including phenoxy) is 1. The molecule has 13 aromatic rings. The van der Waals surface area contributed by atoms with Crippen LogP contribution in [-0.2, 0) is 47.7 Å². The zero-order valence-corrected chi connectivity index (χ0v) is 78.7. The molecule has 1 saturated carbocycles. The highest BCUT2D eigenvalue weighted by atomic mass is 35.5. The van der Waals surface area contributed by atoms with E-state index in [1.165, 1.54) is 39.9 Å². The number of hydrogen-bond donors (Lipinski definition) is 10. The standard InChI is InChI=1S/C24H28N4O.C22H27N3O3.C21H22N4O.C21H21N3O2.C17H21ClN4O/c1-4-15(3)28-21-11-10-17(13-19(21)23(27-28)16-8-9-16)18-6-5-7-20-24(18)25-14(2)12-22(29)26-20;1-14-13-19(26)24-18-8-6-7-17(20(18)23-14)15-9-11-16(12-10-15)25(5)21(27)28-22(2,3)4;1-14-11-20(26)24-19-10-6-9-18(21(19)23-14)17-12-22-25(13-17)15(2)16-7-4-3-5-8-16;1-13-10-20(26)23-17-5-3-4-16(21(17)22-13)19(25)12-14-6-7-18-15(11-14)8-9-24(18)2;1-10-5-15(23)21-14-7-12(18)6-13(16(14)20-10)11-8-19-22(9-11)17(2,3)4/h5-7,10-11,13-16,25H,4,8-9,12H2,1-3H3,(H,26,29);6-12,14,23H,13H2,1-5H3,(H,24,26);3-10,12-15,23H,11H2,1-2H3,(H,24,26);3-9,11,13,22H,10,12H2,1-2H3,(H,23,26);6-10,20H,5H2,1-4H3,(H,21,23)/t14-,15-;14-;14-,15+;;10-/m111.1/s1. The van der Waals surface area contributed by atoms with Crippen LogP contribution in [0.1, 0.15) is 193 Å². The number of benzene rings is 9. The van der Waals surface area contributed by atoms with Gasteiger partial charge in [-0.3, -0.25) is 47.7 Å². The Morgan fingerprint density at radius 2 is 0.985 bits per heavy atom. The molecule has 6 aliphatic rings. The molecule has 1 fully saturated rings. The molecular formula is C105H119ClN18O8. The molecule has 0 saturated heterocycles. The third-order valence-electron chi connectivity index (χ3n) is 24.2. The minimum absolute atomic E-state index is 0.00485. The van der Waals surface area contributed by atoms with Crippen molar-refractivity contribution in [1.29, 1.82) is 0 Å². The average Bonchev–Trinajstić information content (AvgIpc) is 1.57. The van der Waals surface area contributed by atoms with Crippen LogP contribution in [0.4, 0.5) is 67.4 Å². The summed E-state index contributed by atoms with van der Waals surface area (Å²) in [7, 11) is 3.70.